The molecule has 0 aliphatic carbocycles. The number of benzene rings is 2. The lowest BCUT2D eigenvalue weighted by Gasteiger charge is -2.06. The maximum Gasteiger partial charge on any atom is 0.331 e. The number of hydrogen-bond donors (Lipinski definition) is 0. The van der Waals surface area contributed by atoms with Gasteiger partial charge in [-0.25, -0.2) is 4.79 Å². The van der Waals surface area contributed by atoms with Gasteiger partial charge in [-0.15, -0.1) is 0 Å². The van der Waals surface area contributed by atoms with Gasteiger partial charge in [0.1, 0.15) is 0 Å². The molecule has 0 spiro atoms. The van der Waals surface area contributed by atoms with Crippen LogP contribution in [0.4, 0.5) is 0 Å². The maximum atomic E-state index is 12.1. The highest BCUT2D eigenvalue weighted by molar-refractivity contribution is 6.32. The third-order valence-corrected chi connectivity index (χ3v) is 3.68. The molecule has 118 valence electrons. The zero-order valence-corrected chi connectivity index (χ0v) is 13.8. The molecular formula is C19H17ClO3. The van der Waals surface area contributed by atoms with E-state index in [0.717, 1.165) is 11.1 Å². The highest BCUT2D eigenvalue weighted by Gasteiger charge is 2.11. The summed E-state index contributed by atoms with van der Waals surface area (Å²) in [5.41, 5.74) is 3.24. The van der Waals surface area contributed by atoms with E-state index in [1.54, 1.807) is 30.3 Å². The number of ketones is 1. The van der Waals surface area contributed by atoms with Crippen LogP contribution in [0.25, 0.3) is 6.08 Å². The summed E-state index contributed by atoms with van der Waals surface area (Å²) >= 11 is 5.99. The second-order valence-corrected chi connectivity index (χ2v) is 5.61. The standard InChI is InChI=1S/C19H17ClO3/c1-13-7-9-16(14(2)11-13)18(21)12-23-19(22)10-8-15-5-3-4-6-17(15)20/h3-11H,12H2,1-2H3/b10-8+. The van der Waals surface area contributed by atoms with E-state index >= 15 is 0 Å². The molecule has 2 aromatic carbocycles. The molecule has 0 atom stereocenters. The van der Waals surface area contributed by atoms with Crippen LogP contribution in [0.5, 0.6) is 0 Å². The van der Waals surface area contributed by atoms with Crippen LogP contribution in [-0.4, -0.2) is 18.4 Å². The van der Waals surface area contributed by atoms with Gasteiger partial charge in [0.15, 0.2) is 6.61 Å². The molecule has 23 heavy (non-hydrogen) atoms. The van der Waals surface area contributed by atoms with Crippen molar-refractivity contribution in [2.45, 2.75) is 13.8 Å². The van der Waals surface area contributed by atoms with Gasteiger partial charge in [-0.2, -0.15) is 0 Å². The number of ether oxygens (including phenoxy) is 1. The van der Waals surface area contributed by atoms with Crippen LogP contribution in [-0.2, 0) is 9.53 Å². The van der Waals surface area contributed by atoms with Gasteiger partial charge in [-0.05, 0) is 37.1 Å². The Labute approximate surface area is 140 Å². The molecule has 0 aliphatic rings. The predicted molar refractivity (Wildman–Crippen MR) is 91.7 cm³/mol. The fourth-order valence-electron chi connectivity index (χ4n) is 2.16. The number of aryl methyl sites for hydroxylation is 2. The summed E-state index contributed by atoms with van der Waals surface area (Å²) in [4.78, 5) is 23.8. The van der Waals surface area contributed by atoms with E-state index < -0.39 is 5.97 Å². The van der Waals surface area contributed by atoms with Crippen molar-refractivity contribution < 1.29 is 14.3 Å². The van der Waals surface area contributed by atoms with Gasteiger partial charge in [-0.1, -0.05) is 53.6 Å². The molecule has 0 saturated carbocycles. The Morgan fingerprint density at radius 1 is 1.13 bits per heavy atom. The number of Topliss-reactive ketones (excluding diaryl/α,β-unsaturated/α-hetero) is 1. The van der Waals surface area contributed by atoms with Crippen molar-refractivity contribution in [2.24, 2.45) is 0 Å². The van der Waals surface area contributed by atoms with Gasteiger partial charge in [0.25, 0.3) is 0 Å². The molecule has 3 nitrogen and oxygen atoms in total. The second-order valence-electron chi connectivity index (χ2n) is 5.20. The molecule has 0 unspecified atom stereocenters. The average Bonchev–Trinajstić information content (AvgIpc) is 2.52. The van der Waals surface area contributed by atoms with E-state index in [0.29, 0.717) is 16.1 Å². The quantitative estimate of drug-likeness (QED) is 0.464. The summed E-state index contributed by atoms with van der Waals surface area (Å²) in [5.74, 6) is -0.801. The van der Waals surface area contributed by atoms with E-state index in [-0.39, 0.29) is 12.4 Å². The van der Waals surface area contributed by atoms with Crippen LogP contribution in [0.15, 0.2) is 48.5 Å². The summed E-state index contributed by atoms with van der Waals surface area (Å²) in [6.07, 6.45) is 2.82. The number of rotatable bonds is 5. The first-order chi connectivity index (χ1) is 11.0. The first-order valence-electron chi connectivity index (χ1n) is 7.17. The zero-order valence-electron chi connectivity index (χ0n) is 13.0. The molecule has 0 aromatic heterocycles. The minimum absolute atomic E-state index is 0.220. The monoisotopic (exact) mass is 328 g/mol. The third-order valence-electron chi connectivity index (χ3n) is 3.33. The van der Waals surface area contributed by atoms with Crippen molar-refractivity contribution in [1.82, 2.24) is 0 Å². The Morgan fingerprint density at radius 3 is 2.57 bits per heavy atom. The molecule has 2 aromatic rings. The predicted octanol–water partition coefficient (Wildman–Crippen LogP) is 4.40. The van der Waals surface area contributed by atoms with Crippen molar-refractivity contribution in [1.29, 1.82) is 0 Å². The van der Waals surface area contributed by atoms with Crippen LogP contribution in [0.1, 0.15) is 27.0 Å². The summed E-state index contributed by atoms with van der Waals surface area (Å²) < 4.78 is 4.99. The summed E-state index contributed by atoms with van der Waals surface area (Å²) in [5, 5.41) is 0.544. The number of halogens is 1. The molecule has 0 aliphatic heterocycles. The highest BCUT2D eigenvalue weighted by atomic mass is 35.5. The van der Waals surface area contributed by atoms with Gasteiger partial charge in [0, 0.05) is 16.7 Å². The zero-order chi connectivity index (χ0) is 16.8. The van der Waals surface area contributed by atoms with E-state index in [1.165, 1.54) is 6.08 Å². The molecule has 4 heteroatoms. The van der Waals surface area contributed by atoms with Gasteiger partial charge in [-0.3, -0.25) is 4.79 Å². The molecule has 2 rings (SSSR count). The van der Waals surface area contributed by atoms with Gasteiger partial charge in [0.2, 0.25) is 5.78 Å². The summed E-state index contributed by atoms with van der Waals surface area (Å²) in [6, 6.07) is 12.7. The molecule has 0 heterocycles. The number of esters is 1. The minimum Gasteiger partial charge on any atom is -0.454 e. The van der Waals surface area contributed by atoms with Crippen molar-refractivity contribution >= 4 is 29.4 Å². The SMILES string of the molecule is Cc1ccc(C(=O)COC(=O)/C=C/c2ccccc2Cl)c(C)c1. The first-order valence-corrected chi connectivity index (χ1v) is 7.55. The molecule has 0 saturated heterocycles. The fourth-order valence-corrected chi connectivity index (χ4v) is 2.36. The Morgan fingerprint density at radius 2 is 1.87 bits per heavy atom. The minimum atomic E-state index is -0.581. The Kier molecular flexibility index (Phi) is 5.72. The summed E-state index contributed by atoms with van der Waals surface area (Å²) in [6.45, 7) is 3.54. The molecule has 0 N–H and O–H groups in total. The summed E-state index contributed by atoms with van der Waals surface area (Å²) in [7, 11) is 0. The van der Waals surface area contributed by atoms with Crippen molar-refractivity contribution in [3.63, 3.8) is 0 Å². The fraction of sp³-hybridized carbons (Fsp3) is 0.158. The van der Waals surface area contributed by atoms with Crippen LogP contribution >= 0.6 is 11.6 Å². The molecular weight excluding hydrogens is 312 g/mol. The van der Waals surface area contributed by atoms with Gasteiger partial charge >= 0.3 is 5.97 Å². The number of carbonyl (C=O) groups is 2. The van der Waals surface area contributed by atoms with Crippen LogP contribution < -0.4 is 0 Å². The first kappa shape index (κ1) is 17.0. The smallest absolute Gasteiger partial charge is 0.331 e. The Balaban J connectivity index is 1.94. The van der Waals surface area contributed by atoms with Crippen molar-refractivity contribution in [2.75, 3.05) is 6.61 Å². The van der Waals surface area contributed by atoms with Crippen LogP contribution in [0, 0.1) is 13.8 Å². The molecule has 0 amide bonds. The van der Waals surface area contributed by atoms with Gasteiger partial charge in [0.05, 0.1) is 0 Å². The topological polar surface area (TPSA) is 43.4 Å². The second kappa shape index (κ2) is 7.75. The van der Waals surface area contributed by atoms with E-state index in [2.05, 4.69) is 0 Å². The average molecular weight is 329 g/mol. The molecule has 0 bridgehead atoms. The normalized spacial score (nSPS) is 10.7. The van der Waals surface area contributed by atoms with Crippen LogP contribution in [0.2, 0.25) is 5.02 Å². The number of carbonyl (C=O) groups excluding carboxylic acids is 2. The van der Waals surface area contributed by atoms with Crippen molar-refractivity contribution in [3.8, 4) is 0 Å². The lowest BCUT2D eigenvalue weighted by Crippen LogP contribution is -2.13. The molecule has 0 fully saturated rings. The Bertz CT molecular complexity index is 763. The number of hydrogen-bond acceptors (Lipinski definition) is 3. The highest BCUT2D eigenvalue weighted by Crippen LogP contribution is 2.16. The van der Waals surface area contributed by atoms with E-state index in [9.17, 15) is 9.59 Å². The lowest BCUT2D eigenvalue weighted by molar-refractivity contribution is -0.136. The largest absolute Gasteiger partial charge is 0.454 e. The van der Waals surface area contributed by atoms with Crippen molar-refractivity contribution in [3.05, 3.63) is 75.8 Å². The van der Waals surface area contributed by atoms with Crippen LogP contribution in [0.3, 0.4) is 0 Å². The maximum absolute atomic E-state index is 12.1. The Hall–Kier alpha value is -2.39. The van der Waals surface area contributed by atoms with E-state index in [1.807, 2.05) is 32.0 Å². The van der Waals surface area contributed by atoms with E-state index in [4.69, 9.17) is 16.3 Å². The molecule has 0 radical (unpaired) electrons. The lowest BCUT2D eigenvalue weighted by atomic mass is 10.0. The third kappa shape index (κ3) is 4.80. The van der Waals surface area contributed by atoms with Gasteiger partial charge < -0.3 is 4.74 Å².